The lowest BCUT2D eigenvalue weighted by Gasteiger charge is -2.22. The normalized spacial score (nSPS) is 27.9. The van der Waals surface area contributed by atoms with E-state index >= 15 is 0 Å². The Morgan fingerprint density at radius 1 is 1.33 bits per heavy atom. The van der Waals surface area contributed by atoms with E-state index in [0.717, 1.165) is 32.0 Å². The summed E-state index contributed by atoms with van der Waals surface area (Å²) < 4.78 is 0. The topological polar surface area (TPSA) is 41.1 Å². The Kier molecular flexibility index (Phi) is 4.32. The molecule has 2 rings (SSSR count). The van der Waals surface area contributed by atoms with Gasteiger partial charge in [-0.3, -0.25) is 4.79 Å². The Balaban J connectivity index is 1.65. The molecule has 2 saturated heterocycles. The van der Waals surface area contributed by atoms with Crippen molar-refractivity contribution in [2.75, 3.05) is 31.1 Å². The molecule has 2 N–H and O–H groups in total. The molecule has 0 bridgehead atoms. The third-order valence-corrected chi connectivity index (χ3v) is 4.39. The lowest BCUT2D eigenvalue weighted by Crippen LogP contribution is -2.36. The molecule has 0 aromatic rings. The molecule has 0 spiro atoms. The first-order chi connectivity index (χ1) is 7.36. The maximum atomic E-state index is 11.7. The first kappa shape index (κ1) is 11.3. The van der Waals surface area contributed by atoms with Crippen LogP contribution in [0.3, 0.4) is 0 Å². The Morgan fingerprint density at radius 2 is 2.13 bits per heavy atom. The zero-order chi connectivity index (χ0) is 10.5. The van der Waals surface area contributed by atoms with Crippen LogP contribution in [0.4, 0.5) is 0 Å². The van der Waals surface area contributed by atoms with Gasteiger partial charge >= 0.3 is 0 Å². The summed E-state index contributed by atoms with van der Waals surface area (Å²) in [7, 11) is 0. The molecule has 0 unspecified atom stereocenters. The van der Waals surface area contributed by atoms with E-state index in [4.69, 9.17) is 0 Å². The molecule has 2 heterocycles. The first-order valence-electron chi connectivity index (χ1n) is 5.92. The van der Waals surface area contributed by atoms with Crippen molar-refractivity contribution in [2.45, 2.75) is 19.3 Å². The average molecular weight is 228 g/mol. The van der Waals surface area contributed by atoms with Gasteiger partial charge in [0.25, 0.3) is 0 Å². The molecule has 2 aliphatic heterocycles. The number of carbonyl (C=O) groups is 1. The van der Waals surface area contributed by atoms with Gasteiger partial charge in [0.15, 0.2) is 0 Å². The maximum absolute atomic E-state index is 11.7. The monoisotopic (exact) mass is 228 g/mol. The minimum absolute atomic E-state index is 0.225. The molecule has 3 nitrogen and oxygen atoms in total. The van der Waals surface area contributed by atoms with Crippen molar-refractivity contribution in [1.82, 2.24) is 10.6 Å². The van der Waals surface area contributed by atoms with E-state index in [1.54, 1.807) is 0 Å². The van der Waals surface area contributed by atoms with Gasteiger partial charge in [-0.25, -0.2) is 0 Å². The van der Waals surface area contributed by atoms with Crippen molar-refractivity contribution in [3.8, 4) is 0 Å². The van der Waals surface area contributed by atoms with Gasteiger partial charge in [-0.2, -0.15) is 11.8 Å². The molecule has 15 heavy (non-hydrogen) atoms. The van der Waals surface area contributed by atoms with E-state index in [0.29, 0.717) is 0 Å². The van der Waals surface area contributed by atoms with Crippen LogP contribution in [-0.2, 0) is 4.79 Å². The highest BCUT2D eigenvalue weighted by Gasteiger charge is 2.23. The number of rotatable bonds is 3. The van der Waals surface area contributed by atoms with Gasteiger partial charge in [-0.1, -0.05) is 0 Å². The summed E-state index contributed by atoms with van der Waals surface area (Å²) in [5.41, 5.74) is 0. The highest BCUT2D eigenvalue weighted by Crippen LogP contribution is 2.22. The second kappa shape index (κ2) is 5.75. The smallest absolute Gasteiger partial charge is 0.224 e. The molecule has 0 radical (unpaired) electrons. The van der Waals surface area contributed by atoms with Gasteiger partial charge in [0.05, 0.1) is 5.92 Å². The van der Waals surface area contributed by atoms with Crippen LogP contribution in [0.5, 0.6) is 0 Å². The number of nitrogens with one attached hydrogen (secondary N) is 2. The predicted octanol–water partition coefficient (Wildman–Crippen LogP) is 0.855. The molecular formula is C11H20N2OS. The van der Waals surface area contributed by atoms with Gasteiger partial charge in [-0.15, -0.1) is 0 Å². The van der Waals surface area contributed by atoms with E-state index < -0.39 is 0 Å². The van der Waals surface area contributed by atoms with Crippen LogP contribution in [0.1, 0.15) is 19.3 Å². The standard InChI is InChI=1S/C11H20N2OS/c14-11(10-1-4-12-8-10)13-7-9-2-5-15-6-3-9/h9-10,12H,1-8H2,(H,13,14)/t10-/m0/s1. The maximum Gasteiger partial charge on any atom is 0.224 e. The number of thioether (sulfide) groups is 1. The summed E-state index contributed by atoms with van der Waals surface area (Å²) in [6.07, 6.45) is 3.55. The van der Waals surface area contributed by atoms with Crippen molar-refractivity contribution in [1.29, 1.82) is 0 Å². The van der Waals surface area contributed by atoms with Crippen LogP contribution in [0.25, 0.3) is 0 Å². The molecule has 2 fully saturated rings. The Bertz CT molecular complexity index is 211. The highest BCUT2D eigenvalue weighted by molar-refractivity contribution is 7.99. The largest absolute Gasteiger partial charge is 0.356 e. The fourth-order valence-corrected chi connectivity index (χ4v) is 3.42. The second-order valence-corrected chi connectivity index (χ2v) is 5.72. The number of carbonyl (C=O) groups excluding carboxylic acids is 1. The van der Waals surface area contributed by atoms with E-state index in [9.17, 15) is 4.79 Å². The fraction of sp³-hybridized carbons (Fsp3) is 0.909. The lowest BCUT2D eigenvalue weighted by molar-refractivity contribution is -0.124. The molecule has 4 heteroatoms. The van der Waals surface area contributed by atoms with Crippen molar-refractivity contribution in [3.05, 3.63) is 0 Å². The predicted molar refractivity (Wildman–Crippen MR) is 64.0 cm³/mol. The molecule has 0 saturated carbocycles. The lowest BCUT2D eigenvalue weighted by atomic mass is 10.0. The number of amides is 1. The molecule has 0 aromatic heterocycles. The minimum Gasteiger partial charge on any atom is -0.356 e. The number of hydrogen-bond acceptors (Lipinski definition) is 3. The van der Waals surface area contributed by atoms with Crippen molar-refractivity contribution in [2.24, 2.45) is 11.8 Å². The Labute approximate surface area is 95.8 Å². The summed E-state index contributed by atoms with van der Waals surface area (Å²) in [6, 6.07) is 0. The molecule has 2 aliphatic rings. The van der Waals surface area contributed by atoms with Crippen molar-refractivity contribution < 1.29 is 4.79 Å². The molecule has 0 aliphatic carbocycles. The Morgan fingerprint density at radius 3 is 2.80 bits per heavy atom. The van der Waals surface area contributed by atoms with E-state index in [1.807, 2.05) is 11.8 Å². The van der Waals surface area contributed by atoms with Crippen LogP contribution in [0, 0.1) is 11.8 Å². The van der Waals surface area contributed by atoms with Crippen LogP contribution in [0.15, 0.2) is 0 Å². The molecule has 0 aromatic carbocycles. The summed E-state index contributed by atoms with van der Waals surface area (Å²) in [5.74, 6) is 3.75. The summed E-state index contributed by atoms with van der Waals surface area (Å²) in [5, 5.41) is 6.33. The molecular weight excluding hydrogens is 208 g/mol. The summed E-state index contributed by atoms with van der Waals surface area (Å²) >= 11 is 2.04. The SMILES string of the molecule is O=C(NCC1CCSCC1)[C@H]1CCNC1. The second-order valence-electron chi connectivity index (χ2n) is 4.49. The van der Waals surface area contributed by atoms with Gasteiger partial charge in [-0.05, 0) is 43.2 Å². The third kappa shape index (κ3) is 3.38. The van der Waals surface area contributed by atoms with E-state index in [-0.39, 0.29) is 11.8 Å². The van der Waals surface area contributed by atoms with Gasteiger partial charge in [0.1, 0.15) is 0 Å². The zero-order valence-electron chi connectivity index (χ0n) is 9.13. The molecule has 1 atom stereocenters. The van der Waals surface area contributed by atoms with Crippen molar-refractivity contribution in [3.63, 3.8) is 0 Å². The Hall–Kier alpha value is -0.220. The minimum atomic E-state index is 0.225. The fourth-order valence-electron chi connectivity index (χ4n) is 2.22. The first-order valence-corrected chi connectivity index (χ1v) is 7.08. The van der Waals surface area contributed by atoms with Crippen LogP contribution >= 0.6 is 11.8 Å². The molecule has 86 valence electrons. The zero-order valence-corrected chi connectivity index (χ0v) is 9.94. The van der Waals surface area contributed by atoms with Crippen LogP contribution in [-0.4, -0.2) is 37.0 Å². The van der Waals surface area contributed by atoms with Crippen LogP contribution < -0.4 is 10.6 Å². The van der Waals surface area contributed by atoms with Crippen LogP contribution in [0.2, 0.25) is 0 Å². The van der Waals surface area contributed by atoms with Gasteiger partial charge in [0.2, 0.25) is 5.91 Å². The highest BCUT2D eigenvalue weighted by atomic mass is 32.2. The summed E-state index contributed by atoms with van der Waals surface area (Å²) in [4.78, 5) is 11.7. The quantitative estimate of drug-likeness (QED) is 0.752. The van der Waals surface area contributed by atoms with Crippen molar-refractivity contribution >= 4 is 17.7 Å². The molecule has 1 amide bonds. The number of hydrogen-bond donors (Lipinski definition) is 2. The van der Waals surface area contributed by atoms with Gasteiger partial charge in [0, 0.05) is 13.1 Å². The van der Waals surface area contributed by atoms with Gasteiger partial charge < -0.3 is 10.6 Å². The van der Waals surface area contributed by atoms with E-state index in [2.05, 4.69) is 10.6 Å². The van der Waals surface area contributed by atoms with E-state index in [1.165, 1.54) is 24.3 Å². The summed E-state index contributed by atoms with van der Waals surface area (Å²) in [6.45, 7) is 2.76. The average Bonchev–Trinajstić information content (AvgIpc) is 2.81. The third-order valence-electron chi connectivity index (χ3n) is 3.34.